The number of hydrogen-bond donors (Lipinski definition) is 0. The zero-order chi connectivity index (χ0) is 19.3. The molecule has 3 nitrogen and oxygen atoms in total. The molecule has 0 aromatic heterocycles. The monoisotopic (exact) mass is 354 g/mol. The number of carbonyl (C=O) groups is 1. The zero-order valence-corrected chi connectivity index (χ0v) is 16.8. The van der Waals surface area contributed by atoms with Gasteiger partial charge in [0.1, 0.15) is 18.5 Å². The third kappa shape index (κ3) is 5.62. The molecule has 0 aliphatic rings. The van der Waals surface area contributed by atoms with Crippen LogP contribution in [0.4, 0.5) is 0 Å². The number of hydrogen-bond acceptors (Lipinski definition) is 3. The molecule has 0 radical (unpaired) electrons. The van der Waals surface area contributed by atoms with Crippen LogP contribution in [0.1, 0.15) is 49.9 Å². The van der Waals surface area contributed by atoms with Crippen molar-refractivity contribution in [3.63, 3.8) is 0 Å². The standard InChI is InChI=1S/C23H30O3/c1-16-12-17(2)21(25-15-19-10-8-7-9-11-19)20(13-16)14-18(3)26-22(24)23(4,5)6/h7-13,18H,14-15H2,1-6H3/t18-/m1/s1. The Kier molecular flexibility index (Phi) is 6.47. The summed E-state index contributed by atoms with van der Waals surface area (Å²) in [5, 5.41) is 0. The van der Waals surface area contributed by atoms with E-state index < -0.39 is 5.41 Å². The summed E-state index contributed by atoms with van der Waals surface area (Å²) >= 11 is 0. The first-order valence-corrected chi connectivity index (χ1v) is 9.14. The van der Waals surface area contributed by atoms with Gasteiger partial charge in [-0.1, -0.05) is 48.0 Å². The number of ether oxygens (including phenoxy) is 2. The summed E-state index contributed by atoms with van der Waals surface area (Å²) < 4.78 is 11.8. The van der Waals surface area contributed by atoms with Crippen LogP contribution in [0.2, 0.25) is 0 Å². The predicted octanol–water partition coefficient (Wildman–Crippen LogP) is 5.40. The SMILES string of the molecule is Cc1cc(C)c(OCc2ccccc2)c(C[C@@H](C)OC(=O)C(C)(C)C)c1. The molecule has 140 valence electrons. The van der Waals surface area contributed by atoms with E-state index in [1.807, 2.05) is 45.9 Å². The fourth-order valence-electron chi connectivity index (χ4n) is 2.84. The van der Waals surface area contributed by atoms with Gasteiger partial charge < -0.3 is 9.47 Å². The van der Waals surface area contributed by atoms with Gasteiger partial charge >= 0.3 is 5.97 Å². The Balaban J connectivity index is 2.15. The van der Waals surface area contributed by atoms with Gasteiger partial charge in [0.15, 0.2) is 0 Å². The highest BCUT2D eigenvalue weighted by Crippen LogP contribution is 2.28. The maximum atomic E-state index is 12.1. The summed E-state index contributed by atoms with van der Waals surface area (Å²) in [5.41, 5.74) is 3.99. The van der Waals surface area contributed by atoms with Gasteiger partial charge in [-0.3, -0.25) is 4.79 Å². The lowest BCUT2D eigenvalue weighted by molar-refractivity contribution is -0.157. The van der Waals surface area contributed by atoms with E-state index in [9.17, 15) is 4.79 Å². The number of benzene rings is 2. The molecule has 26 heavy (non-hydrogen) atoms. The summed E-state index contributed by atoms with van der Waals surface area (Å²) in [7, 11) is 0. The molecular formula is C23H30O3. The molecular weight excluding hydrogens is 324 g/mol. The quantitative estimate of drug-likeness (QED) is 0.651. The Morgan fingerprint density at radius 2 is 1.73 bits per heavy atom. The lowest BCUT2D eigenvalue weighted by Crippen LogP contribution is -2.28. The second-order valence-electron chi connectivity index (χ2n) is 8.01. The van der Waals surface area contributed by atoms with Crippen molar-refractivity contribution in [1.82, 2.24) is 0 Å². The molecule has 2 aromatic rings. The molecule has 2 rings (SSSR count). The summed E-state index contributed by atoms with van der Waals surface area (Å²) in [5.74, 6) is 0.708. The average Bonchev–Trinajstić information content (AvgIpc) is 2.53. The van der Waals surface area contributed by atoms with E-state index in [1.54, 1.807) is 0 Å². The zero-order valence-electron chi connectivity index (χ0n) is 16.8. The highest BCUT2D eigenvalue weighted by atomic mass is 16.5. The Labute approximate surface area is 157 Å². The van der Waals surface area contributed by atoms with Gasteiger partial charge in [-0.2, -0.15) is 0 Å². The van der Waals surface area contributed by atoms with Crippen LogP contribution >= 0.6 is 0 Å². The number of esters is 1. The van der Waals surface area contributed by atoms with Crippen molar-refractivity contribution < 1.29 is 14.3 Å². The molecule has 0 bridgehead atoms. The third-order valence-corrected chi connectivity index (χ3v) is 4.15. The third-order valence-electron chi connectivity index (χ3n) is 4.15. The van der Waals surface area contributed by atoms with E-state index in [-0.39, 0.29) is 12.1 Å². The van der Waals surface area contributed by atoms with Gasteiger partial charge in [-0.15, -0.1) is 0 Å². The molecule has 0 unspecified atom stereocenters. The van der Waals surface area contributed by atoms with Crippen molar-refractivity contribution in [3.05, 3.63) is 64.7 Å². The van der Waals surface area contributed by atoms with Crippen LogP contribution in [0, 0.1) is 19.3 Å². The normalized spacial score (nSPS) is 12.5. The van der Waals surface area contributed by atoms with E-state index in [0.717, 1.165) is 22.4 Å². The van der Waals surface area contributed by atoms with Gasteiger partial charge in [0.2, 0.25) is 0 Å². The van der Waals surface area contributed by atoms with E-state index >= 15 is 0 Å². The summed E-state index contributed by atoms with van der Waals surface area (Å²) in [6.45, 7) is 12.2. The highest BCUT2D eigenvalue weighted by molar-refractivity contribution is 5.75. The Morgan fingerprint density at radius 1 is 1.08 bits per heavy atom. The van der Waals surface area contributed by atoms with Crippen LogP contribution in [0.5, 0.6) is 5.75 Å². The fourth-order valence-corrected chi connectivity index (χ4v) is 2.84. The van der Waals surface area contributed by atoms with Crippen LogP contribution in [-0.4, -0.2) is 12.1 Å². The molecule has 0 heterocycles. The minimum absolute atomic E-state index is 0.180. The first kappa shape index (κ1) is 20.0. The molecule has 1 atom stereocenters. The number of rotatable bonds is 6. The van der Waals surface area contributed by atoms with E-state index in [0.29, 0.717) is 13.0 Å². The van der Waals surface area contributed by atoms with E-state index in [1.165, 1.54) is 5.56 Å². The molecule has 0 amide bonds. The summed E-state index contributed by atoms with van der Waals surface area (Å²) in [4.78, 5) is 12.1. The van der Waals surface area contributed by atoms with Crippen LogP contribution in [0.3, 0.4) is 0 Å². The van der Waals surface area contributed by atoms with E-state index in [4.69, 9.17) is 9.47 Å². The molecule has 0 aliphatic carbocycles. The first-order valence-electron chi connectivity index (χ1n) is 9.14. The van der Waals surface area contributed by atoms with E-state index in [2.05, 4.69) is 38.1 Å². The summed E-state index contributed by atoms with van der Waals surface area (Å²) in [6, 6.07) is 14.4. The topological polar surface area (TPSA) is 35.5 Å². The minimum Gasteiger partial charge on any atom is -0.488 e. The molecule has 0 saturated carbocycles. The molecule has 0 saturated heterocycles. The summed E-state index contributed by atoms with van der Waals surface area (Å²) in [6.07, 6.45) is 0.427. The second kappa shape index (κ2) is 8.39. The van der Waals surface area contributed by atoms with Crippen LogP contribution in [-0.2, 0) is 22.6 Å². The van der Waals surface area contributed by atoms with Crippen molar-refractivity contribution in [2.24, 2.45) is 5.41 Å². The largest absolute Gasteiger partial charge is 0.488 e. The smallest absolute Gasteiger partial charge is 0.311 e. The van der Waals surface area contributed by atoms with Gasteiger partial charge in [0.25, 0.3) is 0 Å². The van der Waals surface area contributed by atoms with Gasteiger partial charge in [-0.25, -0.2) is 0 Å². The van der Waals surface area contributed by atoms with Crippen molar-refractivity contribution in [3.8, 4) is 5.75 Å². The second-order valence-corrected chi connectivity index (χ2v) is 8.01. The van der Waals surface area contributed by atoms with Crippen LogP contribution in [0.25, 0.3) is 0 Å². The van der Waals surface area contributed by atoms with Crippen molar-refractivity contribution in [2.75, 3.05) is 0 Å². The molecule has 3 heteroatoms. The van der Waals surface area contributed by atoms with Gasteiger partial charge in [0, 0.05) is 6.42 Å². The van der Waals surface area contributed by atoms with Crippen molar-refractivity contribution in [2.45, 2.75) is 60.7 Å². The van der Waals surface area contributed by atoms with Crippen molar-refractivity contribution in [1.29, 1.82) is 0 Å². The predicted molar refractivity (Wildman–Crippen MR) is 105 cm³/mol. The molecule has 0 spiro atoms. The lowest BCUT2D eigenvalue weighted by Gasteiger charge is -2.22. The first-order chi connectivity index (χ1) is 12.2. The van der Waals surface area contributed by atoms with Gasteiger partial charge in [-0.05, 0) is 58.2 Å². The van der Waals surface area contributed by atoms with Crippen LogP contribution in [0.15, 0.2) is 42.5 Å². The number of carbonyl (C=O) groups excluding carboxylic acids is 1. The molecule has 0 aliphatic heterocycles. The minimum atomic E-state index is -0.497. The molecule has 0 N–H and O–H groups in total. The maximum Gasteiger partial charge on any atom is 0.311 e. The van der Waals surface area contributed by atoms with Gasteiger partial charge in [0.05, 0.1) is 5.41 Å². The Hall–Kier alpha value is -2.29. The maximum absolute atomic E-state index is 12.1. The van der Waals surface area contributed by atoms with Crippen LogP contribution < -0.4 is 4.74 Å². The van der Waals surface area contributed by atoms with Crippen molar-refractivity contribution >= 4 is 5.97 Å². The lowest BCUT2D eigenvalue weighted by atomic mass is 9.97. The molecule has 0 fully saturated rings. The fraction of sp³-hybridized carbons (Fsp3) is 0.435. The Bertz CT molecular complexity index is 742. The highest BCUT2D eigenvalue weighted by Gasteiger charge is 2.25. The molecule has 2 aromatic carbocycles. The Morgan fingerprint density at radius 3 is 2.35 bits per heavy atom. The number of aryl methyl sites for hydroxylation is 2. The average molecular weight is 354 g/mol.